The van der Waals surface area contributed by atoms with E-state index in [9.17, 15) is 4.57 Å². The van der Waals surface area contributed by atoms with Crippen LogP contribution in [0.25, 0.3) is 0 Å². The van der Waals surface area contributed by atoms with Crippen LogP contribution in [0.2, 0.25) is 0 Å². The molecule has 2 nitrogen and oxygen atoms in total. The van der Waals surface area contributed by atoms with Crippen molar-refractivity contribution in [3.63, 3.8) is 0 Å². The van der Waals surface area contributed by atoms with Gasteiger partial charge in [-0.15, -0.1) is 0 Å². The highest BCUT2D eigenvalue weighted by molar-refractivity contribution is 7.72. The van der Waals surface area contributed by atoms with Crippen molar-refractivity contribution in [1.82, 2.24) is 4.44 Å². The van der Waals surface area contributed by atoms with E-state index in [0.29, 0.717) is 0 Å². The summed E-state index contributed by atoms with van der Waals surface area (Å²) >= 11 is 0. The van der Waals surface area contributed by atoms with Gasteiger partial charge in [0.1, 0.15) is 7.29 Å². The van der Waals surface area contributed by atoms with E-state index in [-0.39, 0.29) is 8.07 Å². The first kappa shape index (κ1) is 11.6. The number of hydrogen-bond acceptors (Lipinski definition) is 1. The minimum atomic E-state index is -1.99. The van der Waals surface area contributed by atoms with Crippen LogP contribution in [0.1, 0.15) is 13.3 Å². The molecule has 0 aromatic rings. The number of hydrogen-bond donors (Lipinski definition) is 0. The van der Waals surface area contributed by atoms with Gasteiger partial charge in [-0.1, -0.05) is 6.92 Å². The predicted octanol–water partition coefficient (Wildman–Crippen LogP) is 2.89. The summed E-state index contributed by atoms with van der Waals surface area (Å²) in [5, 5.41) is 0. The van der Waals surface area contributed by atoms with Crippen LogP contribution in [-0.2, 0) is 4.57 Å². The molecule has 0 radical (unpaired) electrons. The maximum Gasteiger partial charge on any atom is 0.147 e. The first-order valence-corrected chi connectivity index (χ1v) is 8.64. The van der Waals surface area contributed by atoms with E-state index in [1.165, 1.54) is 0 Å². The molecule has 0 aliphatic carbocycles. The van der Waals surface area contributed by atoms with Crippen LogP contribution in [0.3, 0.4) is 0 Å². The quantitative estimate of drug-likeness (QED) is 0.643. The highest BCUT2D eigenvalue weighted by atomic mass is 31.2. The third-order valence-corrected chi connectivity index (χ3v) is 6.24. The smallest absolute Gasteiger partial charge is 0.147 e. The van der Waals surface area contributed by atoms with Gasteiger partial charge in [-0.2, -0.15) is 0 Å². The molecule has 0 heterocycles. The highest BCUT2D eigenvalue weighted by Gasteiger charge is 2.20. The Hall–Kier alpha value is 0.620. The Bertz CT molecular complexity index is 153. The van der Waals surface area contributed by atoms with Crippen molar-refractivity contribution >= 4 is 15.4 Å². The van der Waals surface area contributed by atoms with Gasteiger partial charge >= 0.3 is 0 Å². The van der Waals surface area contributed by atoms with Crippen molar-refractivity contribution in [3.8, 4) is 0 Å². The third-order valence-electron chi connectivity index (χ3n) is 1.44. The molecule has 0 N–H and O–H groups in total. The second-order valence-electron chi connectivity index (χ2n) is 3.24. The summed E-state index contributed by atoms with van der Waals surface area (Å²) in [6.45, 7) is 11.1. The average molecular weight is 195 g/mol. The van der Waals surface area contributed by atoms with Crippen LogP contribution in [0.4, 0.5) is 0 Å². The Labute approximate surface area is 71.6 Å². The molecule has 11 heavy (non-hydrogen) atoms. The fourth-order valence-corrected chi connectivity index (χ4v) is 5.80. The first-order valence-electron chi connectivity index (χ1n) is 3.89. The number of nitrogens with zero attached hydrogens (tertiary/aromatic N) is 1. The van der Waals surface area contributed by atoms with Crippen LogP contribution >= 0.6 is 15.4 Å². The Balaban J connectivity index is 4.23. The maximum atomic E-state index is 11.7. The SMILES string of the molecule is CCCN(P(C)C)P(C)(C)=O. The van der Waals surface area contributed by atoms with Gasteiger partial charge in [0.05, 0.1) is 0 Å². The first-order chi connectivity index (χ1) is 4.89. The molecular weight excluding hydrogens is 176 g/mol. The van der Waals surface area contributed by atoms with Crippen LogP contribution in [-0.4, -0.2) is 37.6 Å². The molecule has 0 saturated carbocycles. The molecule has 0 bridgehead atoms. The summed E-state index contributed by atoms with van der Waals surface area (Å²) in [6, 6.07) is 0. The minimum Gasteiger partial charge on any atom is -0.307 e. The summed E-state index contributed by atoms with van der Waals surface area (Å²) in [6.07, 6.45) is 1.09. The maximum absolute atomic E-state index is 11.7. The van der Waals surface area contributed by atoms with E-state index in [2.05, 4.69) is 24.7 Å². The van der Waals surface area contributed by atoms with Crippen molar-refractivity contribution in [1.29, 1.82) is 0 Å². The van der Waals surface area contributed by atoms with E-state index in [0.717, 1.165) is 13.0 Å². The normalized spacial score (nSPS) is 13.0. The van der Waals surface area contributed by atoms with Gasteiger partial charge in [0, 0.05) is 19.9 Å². The number of rotatable bonds is 4. The molecule has 0 rings (SSSR count). The van der Waals surface area contributed by atoms with E-state index < -0.39 is 7.29 Å². The molecule has 0 atom stereocenters. The third kappa shape index (κ3) is 4.25. The fraction of sp³-hybridized carbons (Fsp3) is 1.00. The van der Waals surface area contributed by atoms with Gasteiger partial charge in [-0.05, 0) is 27.8 Å². The molecule has 0 spiro atoms. The molecule has 0 unspecified atom stereocenters. The van der Waals surface area contributed by atoms with Gasteiger partial charge in [0.15, 0.2) is 0 Å². The molecule has 0 aromatic heterocycles. The second kappa shape index (κ2) is 4.60. The van der Waals surface area contributed by atoms with Crippen molar-refractivity contribution in [3.05, 3.63) is 0 Å². The van der Waals surface area contributed by atoms with Gasteiger partial charge in [0.2, 0.25) is 0 Å². The zero-order valence-electron chi connectivity index (χ0n) is 8.16. The van der Waals surface area contributed by atoms with Crippen LogP contribution in [0, 0.1) is 0 Å². The zero-order valence-corrected chi connectivity index (χ0v) is 9.95. The predicted molar refractivity (Wildman–Crippen MR) is 55.2 cm³/mol. The Morgan fingerprint density at radius 1 is 1.36 bits per heavy atom. The van der Waals surface area contributed by atoms with Crippen LogP contribution in [0.15, 0.2) is 0 Å². The van der Waals surface area contributed by atoms with Crippen molar-refractivity contribution in [2.45, 2.75) is 13.3 Å². The summed E-state index contributed by atoms with van der Waals surface area (Å²) in [4.78, 5) is 0. The van der Waals surface area contributed by atoms with Crippen LogP contribution in [0.5, 0.6) is 0 Å². The highest BCUT2D eigenvalue weighted by Crippen LogP contribution is 2.54. The summed E-state index contributed by atoms with van der Waals surface area (Å²) < 4.78 is 13.8. The Morgan fingerprint density at radius 3 is 1.91 bits per heavy atom. The summed E-state index contributed by atoms with van der Waals surface area (Å²) in [5.41, 5.74) is 0. The lowest BCUT2D eigenvalue weighted by Crippen LogP contribution is -2.13. The largest absolute Gasteiger partial charge is 0.307 e. The molecular formula is C7H19NOP2. The van der Waals surface area contributed by atoms with Crippen LogP contribution < -0.4 is 0 Å². The molecule has 0 aromatic carbocycles. The van der Waals surface area contributed by atoms with E-state index in [1.54, 1.807) is 0 Å². The average Bonchev–Trinajstić information content (AvgIpc) is 1.79. The molecule has 0 fully saturated rings. The van der Waals surface area contributed by atoms with E-state index in [4.69, 9.17) is 0 Å². The topological polar surface area (TPSA) is 20.3 Å². The van der Waals surface area contributed by atoms with Crippen molar-refractivity contribution in [2.75, 3.05) is 33.2 Å². The van der Waals surface area contributed by atoms with Gasteiger partial charge in [-0.25, -0.2) is 4.44 Å². The molecule has 4 heteroatoms. The molecule has 0 aliphatic heterocycles. The molecule has 68 valence electrons. The standard InChI is InChI=1S/C7H19NOP2/c1-6-7-8(10(2)3)11(4,5)9/h6-7H2,1-5H3. The fourth-order valence-electron chi connectivity index (χ4n) is 1.07. The zero-order chi connectivity index (χ0) is 9.07. The van der Waals surface area contributed by atoms with Gasteiger partial charge < -0.3 is 4.57 Å². The van der Waals surface area contributed by atoms with Crippen molar-refractivity contribution < 1.29 is 4.57 Å². The Kier molecular flexibility index (Phi) is 4.86. The van der Waals surface area contributed by atoms with Gasteiger partial charge in [0.25, 0.3) is 0 Å². The molecule has 0 amide bonds. The summed E-state index contributed by atoms with van der Waals surface area (Å²) in [7, 11) is -2.17. The molecule has 0 saturated heterocycles. The monoisotopic (exact) mass is 195 g/mol. The van der Waals surface area contributed by atoms with Gasteiger partial charge in [-0.3, -0.25) is 0 Å². The lowest BCUT2D eigenvalue weighted by atomic mass is 10.5. The van der Waals surface area contributed by atoms with E-state index in [1.807, 2.05) is 13.3 Å². The summed E-state index contributed by atoms with van der Waals surface area (Å²) in [5.74, 6) is 0. The Morgan fingerprint density at radius 2 is 1.82 bits per heavy atom. The lowest BCUT2D eigenvalue weighted by molar-refractivity contribution is 0.538. The minimum absolute atomic E-state index is 0.188. The van der Waals surface area contributed by atoms with Crippen molar-refractivity contribution in [2.24, 2.45) is 0 Å². The second-order valence-corrected chi connectivity index (χ2v) is 8.80. The lowest BCUT2D eigenvalue weighted by Gasteiger charge is -2.29. The molecule has 0 aliphatic rings. The van der Waals surface area contributed by atoms with E-state index >= 15 is 0 Å².